The van der Waals surface area contributed by atoms with Gasteiger partial charge in [0, 0.05) is 13.6 Å². The van der Waals surface area contributed by atoms with Gasteiger partial charge >= 0.3 is 6.03 Å². The van der Waals surface area contributed by atoms with E-state index in [9.17, 15) is 4.79 Å². The minimum Gasteiger partial charge on any atom is -0.333 e. The van der Waals surface area contributed by atoms with Gasteiger partial charge in [0.25, 0.3) is 5.89 Å². The quantitative estimate of drug-likeness (QED) is 0.692. The molecule has 0 aliphatic carbocycles. The topological polar surface area (TPSA) is 102 Å². The SMILES string of the molecule is CCCn1cnnc1CN(C)C(=O)NCc1noc(-c2cccs2)n1. The summed E-state index contributed by atoms with van der Waals surface area (Å²) in [6.07, 6.45) is 2.65. The van der Waals surface area contributed by atoms with Crippen molar-refractivity contribution in [3.63, 3.8) is 0 Å². The van der Waals surface area contributed by atoms with Crippen LogP contribution in [0.1, 0.15) is 25.0 Å². The Morgan fingerprint density at radius 1 is 1.48 bits per heavy atom. The first-order valence-corrected chi connectivity index (χ1v) is 8.77. The van der Waals surface area contributed by atoms with E-state index in [0.29, 0.717) is 18.3 Å². The van der Waals surface area contributed by atoms with E-state index in [-0.39, 0.29) is 12.6 Å². The van der Waals surface area contributed by atoms with Crippen molar-refractivity contribution in [3.8, 4) is 10.8 Å². The van der Waals surface area contributed by atoms with Gasteiger partial charge in [-0.15, -0.1) is 21.5 Å². The zero-order valence-electron chi connectivity index (χ0n) is 14.0. The zero-order chi connectivity index (χ0) is 17.6. The van der Waals surface area contributed by atoms with Crippen LogP contribution >= 0.6 is 11.3 Å². The molecule has 0 unspecified atom stereocenters. The summed E-state index contributed by atoms with van der Waals surface area (Å²) >= 11 is 1.52. The van der Waals surface area contributed by atoms with Crippen LogP contribution in [0.2, 0.25) is 0 Å². The summed E-state index contributed by atoms with van der Waals surface area (Å²) in [5.74, 6) is 1.64. The summed E-state index contributed by atoms with van der Waals surface area (Å²) in [5.41, 5.74) is 0. The van der Waals surface area contributed by atoms with Crippen LogP contribution in [-0.2, 0) is 19.6 Å². The van der Waals surface area contributed by atoms with Crippen molar-refractivity contribution in [2.75, 3.05) is 7.05 Å². The van der Waals surface area contributed by atoms with E-state index in [0.717, 1.165) is 23.7 Å². The Labute approximate surface area is 148 Å². The molecule has 9 nitrogen and oxygen atoms in total. The van der Waals surface area contributed by atoms with Gasteiger partial charge in [-0.05, 0) is 17.9 Å². The molecular formula is C15H19N7O2S. The molecule has 0 radical (unpaired) electrons. The van der Waals surface area contributed by atoms with Crippen molar-refractivity contribution in [2.45, 2.75) is 33.0 Å². The third-order valence-electron chi connectivity index (χ3n) is 3.48. The summed E-state index contributed by atoms with van der Waals surface area (Å²) < 4.78 is 7.13. The summed E-state index contributed by atoms with van der Waals surface area (Å²) in [7, 11) is 1.70. The lowest BCUT2D eigenvalue weighted by atomic mass is 10.4. The Bertz CT molecular complexity index is 812. The zero-order valence-corrected chi connectivity index (χ0v) is 14.9. The van der Waals surface area contributed by atoms with Crippen molar-refractivity contribution in [1.82, 2.24) is 35.1 Å². The first-order valence-electron chi connectivity index (χ1n) is 7.89. The van der Waals surface area contributed by atoms with Crippen LogP contribution in [0, 0.1) is 0 Å². The molecule has 132 valence electrons. The number of carbonyl (C=O) groups is 1. The van der Waals surface area contributed by atoms with Gasteiger partial charge in [-0.1, -0.05) is 18.1 Å². The third kappa shape index (κ3) is 4.21. The van der Waals surface area contributed by atoms with E-state index < -0.39 is 0 Å². The number of amides is 2. The Balaban J connectivity index is 1.52. The number of nitrogens with zero attached hydrogens (tertiary/aromatic N) is 6. The molecule has 0 atom stereocenters. The molecule has 0 bridgehead atoms. The fourth-order valence-electron chi connectivity index (χ4n) is 2.23. The second kappa shape index (κ2) is 7.88. The lowest BCUT2D eigenvalue weighted by Gasteiger charge is -2.17. The second-order valence-corrected chi connectivity index (χ2v) is 6.40. The Hall–Kier alpha value is -2.75. The molecule has 0 aliphatic heterocycles. The van der Waals surface area contributed by atoms with Crippen LogP contribution < -0.4 is 5.32 Å². The number of urea groups is 1. The predicted octanol–water partition coefficient (Wildman–Crippen LogP) is 2.14. The van der Waals surface area contributed by atoms with E-state index >= 15 is 0 Å². The molecule has 0 fully saturated rings. The summed E-state index contributed by atoms with van der Waals surface area (Å²) in [6, 6.07) is 3.58. The number of carbonyl (C=O) groups excluding carboxylic acids is 1. The fraction of sp³-hybridized carbons (Fsp3) is 0.400. The normalized spacial score (nSPS) is 10.8. The van der Waals surface area contributed by atoms with Crippen LogP contribution in [0.15, 0.2) is 28.4 Å². The molecule has 3 heterocycles. The molecule has 0 saturated heterocycles. The maximum absolute atomic E-state index is 12.2. The van der Waals surface area contributed by atoms with Crippen molar-refractivity contribution in [1.29, 1.82) is 0 Å². The molecule has 1 N–H and O–H groups in total. The molecule has 10 heteroatoms. The third-order valence-corrected chi connectivity index (χ3v) is 4.34. The minimum atomic E-state index is -0.242. The van der Waals surface area contributed by atoms with Gasteiger partial charge in [-0.2, -0.15) is 4.98 Å². The average molecular weight is 361 g/mol. The largest absolute Gasteiger partial charge is 0.333 e. The van der Waals surface area contributed by atoms with Crippen LogP contribution in [-0.4, -0.2) is 42.9 Å². The fourth-order valence-corrected chi connectivity index (χ4v) is 2.87. The Kier molecular flexibility index (Phi) is 5.39. The van der Waals surface area contributed by atoms with Gasteiger partial charge in [0.1, 0.15) is 6.33 Å². The second-order valence-electron chi connectivity index (χ2n) is 5.45. The molecule has 25 heavy (non-hydrogen) atoms. The highest BCUT2D eigenvalue weighted by Crippen LogP contribution is 2.22. The predicted molar refractivity (Wildman–Crippen MR) is 91.6 cm³/mol. The molecule has 3 aromatic rings. The first-order chi connectivity index (χ1) is 12.2. The molecule has 3 rings (SSSR count). The smallest absolute Gasteiger partial charge is 0.317 e. The lowest BCUT2D eigenvalue weighted by Crippen LogP contribution is -2.37. The Morgan fingerprint density at radius 3 is 3.12 bits per heavy atom. The highest BCUT2D eigenvalue weighted by Gasteiger charge is 2.15. The maximum atomic E-state index is 12.2. The highest BCUT2D eigenvalue weighted by atomic mass is 32.1. The molecule has 0 aliphatic rings. The van der Waals surface area contributed by atoms with Gasteiger partial charge in [0.2, 0.25) is 0 Å². The molecular weight excluding hydrogens is 342 g/mol. The molecule has 0 saturated carbocycles. The van der Waals surface area contributed by atoms with Gasteiger partial charge < -0.3 is 19.3 Å². The molecule has 0 spiro atoms. The number of aromatic nitrogens is 5. The Morgan fingerprint density at radius 2 is 2.36 bits per heavy atom. The van der Waals surface area contributed by atoms with Crippen molar-refractivity contribution in [2.24, 2.45) is 0 Å². The summed E-state index contributed by atoms with van der Waals surface area (Å²) in [6.45, 7) is 3.47. The summed E-state index contributed by atoms with van der Waals surface area (Å²) in [4.78, 5) is 18.9. The van der Waals surface area contributed by atoms with Crippen molar-refractivity contribution in [3.05, 3.63) is 35.5 Å². The van der Waals surface area contributed by atoms with E-state index in [2.05, 4.69) is 32.6 Å². The summed E-state index contributed by atoms with van der Waals surface area (Å²) in [5, 5.41) is 16.5. The van der Waals surface area contributed by atoms with Crippen molar-refractivity contribution >= 4 is 17.4 Å². The number of aryl methyl sites for hydroxylation is 1. The number of hydrogen-bond acceptors (Lipinski definition) is 7. The first kappa shape index (κ1) is 17.1. The van der Waals surface area contributed by atoms with E-state index in [1.807, 2.05) is 22.1 Å². The van der Waals surface area contributed by atoms with E-state index in [4.69, 9.17) is 4.52 Å². The van der Waals surface area contributed by atoms with Crippen LogP contribution in [0.4, 0.5) is 4.79 Å². The molecule has 2 amide bonds. The molecule has 0 aromatic carbocycles. The monoisotopic (exact) mass is 361 g/mol. The van der Waals surface area contributed by atoms with Crippen LogP contribution in [0.25, 0.3) is 10.8 Å². The minimum absolute atomic E-state index is 0.194. The lowest BCUT2D eigenvalue weighted by molar-refractivity contribution is 0.204. The molecule has 3 aromatic heterocycles. The highest BCUT2D eigenvalue weighted by molar-refractivity contribution is 7.13. The number of rotatable bonds is 7. The van der Waals surface area contributed by atoms with Gasteiger partial charge in [-0.3, -0.25) is 0 Å². The van der Waals surface area contributed by atoms with Gasteiger partial charge in [-0.25, -0.2) is 4.79 Å². The standard InChI is InChI=1S/C15H19N7O2S/c1-3-6-22-10-17-19-13(22)9-21(2)15(23)16-8-12-18-14(24-20-12)11-5-4-7-25-11/h4-5,7,10H,3,6,8-9H2,1-2H3,(H,16,23). The maximum Gasteiger partial charge on any atom is 0.317 e. The number of hydrogen-bond donors (Lipinski definition) is 1. The number of nitrogens with one attached hydrogen (secondary N) is 1. The van der Waals surface area contributed by atoms with E-state index in [1.165, 1.54) is 16.2 Å². The van der Waals surface area contributed by atoms with Crippen LogP contribution in [0.5, 0.6) is 0 Å². The van der Waals surface area contributed by atoms with Gasteiger partial charge in [0.15, 0.2) is 11.6 Å². The van der Waals surface area contributed by atoms with Crippen molar-refractivity contribution < 1.29 is 9.32 Å². The average Bonchev–Trinajstić information content (AvgIpc) is 3.34. The number of thiophene rings is 1. The van der Waals surface area contributed by atoms with Gasteiger partial charge in [0.05, 0.1) is 18.0 Å². The van der Waals surface area contributed by atoms with Crippen LogP contribution in [0.3, 0.4) is 0 Å². The van der Waals surface area contributed by atoms with E-state index in [1.54, 1.807) is 13.4 Å².